The topological polar surface area (TPSA) is 93.1 Å². The van der Waals surface area contributed by atoms with Gasteiger partial charge in [-0.15, -0.1) is 0 Å². The summed E-state index contributed by atoms with van der Waals surface area (Å²) in [6.45, 7) is 15.4. The average Bonchev–Trinajstić information content (AvgIpc) is 2.87. The van der Waals surface area contributed by atoms with Crippen molar-refractivity contribution < 1.29 is 29.3 Å². The Bertz CT molecular complexity index is 1070. The molecule has 6 heteroatoms. The van der Waals surface area contributed by atoms with Gasteiger partial charge in [-0.25, -0.2) is 0 Å². The van der Waals surface area contributed by atoms with E-state index in [0.29, 0.717) is 12.3 Å². The molecule has 5 aliphatic rings. The van der Waals surface area contributed by atoms with Gasteiger partial charge in [-0.05, 0) is 92.3 Å². The third kappa shape index (κ3) is 3.78. The molecule has 0 bridgehead atoms. The molecule has 0 heterocycles. The zero-order valence-electron chi connectivity index (χ0n) is 25.6. The van der Waals surface area contributed by atoms with Crippen LogP contribution in [0.15, 0.2) is 11.6 Å². The van der Waals surface area contributed by atoms with Crippen molar-refractivity contribution in [3.63, 3.8) is 0 Å². The third-order valence-electron chi connectivity index (χ3n) is 14.0. The molecule has 0 aromatic heterocycles. The lowest BCUT2D eigenvalue weighted by molar-refractivity contribution is -0.255. The van der Waals surface area contributed by atoms with Crippen molar-refractivity contribution >= 4 is 11.9 Å². The van der Waals surface area contributed by atoms with Gasteiger partial charge in [0.2, 0.25) is 0 Å². The van der Waals surface area contributed by atoms with Gasteiger partial charge in [-0.1, -0.05) is 46.3 Å². The second kappa shape index (κ2) is 9.05. The number of ether oxygens (including phenoxy) is 2. The van der Waals surface area contributed by atoms with Crippen LogP contribution in [0.1, 0.15) is 106 Å². The maximum Gasteiger partial charge on any atom is 0.311 e. The molecule has 2 N–H and O–H groups in total. The Morgan fingerprint density at radius 2 is 1.62 bits per heavy atom. The van der Waals surface area contributed by atoms with Crippen LogP contribution < -0.4 is 0 Å². The number of hydrogen-bond acceptors (Lipinski definition) is 6. The van der Waals surface area contributed by atoms with Crippen molar-refractivity contribution in [1.29, 1.82) is 0 Å². The number of hydrogen-bond donors (Lipinski definition) is 2. The summed E-state index contributed by atoms with van der Waals surface area (Å²) >= 11 is 0. The van der Waals surface area contributed by atoms with E-state index in [1.54, 1.807) is 5.57 Å². The summed E-state index contributed by atoms with van der Waals surface area (Å²) < 4.78 is 10.8. The molecule has 0 aromatic carbocycles. The number of allylic oxidation sites excluding steroid dienone is 2. The van der Waals surface area contributed by atoms with Crippen LogP contribution in [0.2, 0.25) is 0 Å². The van der Waals surface area contributed by atoms with Crippen LogP contribution >= 0.6 is 0 Å². The lowest BCUT2D eigenvalue weighted by Gasteiger charge is -2.72. The van der Waals surface area contributed by atoms with Gasteiger partial charge in [-0.3, -0.25) is 9.59 Å². The van der Waals surface area contributed by atoms with Crippen molar-refractivity contribution in [3.8, 4) is 0 Å². The van der Waals surface area contributed by atoms with Crippen molar-refractivity contribution in [1.82, 2.24) is 0 Å². The van der Waals surface area contributed by atoms with E-state index in [9.17, 15) is 19.8 Å². The van der Waals surface area contributed by atoms with Crippen LogP contribution in [0.5, 0.6) is 0 Å². The SMILES string of the molecule is COC(=O)C1(C)CCC2(C)CCC3(C)C(=CCC4C5(C)C(O)CC(O)C(C)(COC(C)=O)C5CCC43C)C2C1. The molecular weight excluding hydrogens is 492 g/mol. The number of esters is 2. The predicted molar refractivity (Wildman–Crippen MR) is 149 cm³/mol. The number of carbonyl (C=O) groups is 2. The highest BCUT2D eigenvalue weighted by Crippen LogP contribution is 2.75. The van der Waals surface area contributed by atoms with E-state index >= 15 is 0 Å². The van der Waals surface area contributed by atoms with Crippen LogP contribution in [0.25, 0.3) is 0 Å². The van der Waals surface area contributed by atoms with Gasteiger partial charge in [-0.2, -0.15) is 0 Å². The zero-order valence-corrected chi connectivity index (χ0v) is 25.6. The van der Waals surface area contributed by atoms with Crippen molar-refractivity contribution in [3.05, 3.63) is 11.6 Å². The first-order valence-corrected chi connectivity index (χ1v) is 15.3. The highest BCUT2D eigenvalue weighted by atomic mass is 16.5. The second-order valence-corrected chi connectivity index (χ2v) is 15.7. The molecule has 4 saturated carbocycles. The maximum absolute atomic E-state index is 12.9. The van der Waals surface area contributed by atoms with Crippen molar-refractivity contribution in [2.24, 2.45) is 50.2 Å². The molecule has 0 saturated heterocycles. The number of rotatable bonds is 3. The maximum atomic E-state index is 12.9. The van der Waals surface area contributed by atoms with Gasteiger partial charge in [0, 0.05) is 24.2 Å². The Labute approximate surface area is 235 Å². The van der Waals surface area contributed by atoms with Crippen LogP contribution in [0.3, 0.4) is 0 Å². The highest BCUT2D eigenvalue weighted by Gasteiger charge is 2.70. The molecule has 0 aliphatic heterocycles. The molecule has 4 fully saturated rings. The van der Waals surface area contributed by atoms with E-state index in [1.807, 2.05) is 0 Å². The van der Waals surface area contributed by atoms with E-state index in [1.165, 1.54) is 14.0 Å². The molecule has 5 rings (SSSR count). The Morgan fingerprint density at radius 3 is 2.26 bits per heavy atom. The van der Waals surface area contributed by atoms with Gasteiger partial charge in [0.15, 0.2) is 0 Å². The minimum Gasteiger partial charge on any atom is -0.469 e. The monoisotopic (exact) mass is 544 g/mol. The lowest BCUT2D eigenvalue weighted by atomic mass is 9.33. The number of carbonyl (C=O) groups excluding carboxylic acids is 2. The number of fused-ring (bicyclic) bond motifs is 7. The second-order valence-electron chi connectivity index (χ2n) is 15.7. The molecule has 5 aliphatic carbocycles. The first kappa shape index (κ1) is 29.1. The fourth-order valence-electron chi connectivity index (χ4n) is 11.0. The van der Waals surface area contributed by atoms with Crippen LogP contribution in [0.4, 0.5) is 0 Å². The largest absolute Gasteiger partial charge is 0.469 e. The van der Waals surface area contributed by atoms with Gasteiger partial charge in [0.05, 0.1) is 31.3 Å². The summed E-state index contributed by atoms with van der Waals surface area (Å²) in [5.74, 6) is 0.236. The molecule has 6 nitrogen and oxygen atoms in total. The molecule has 11 atom stereocenters. The van der Waals surface area contributed by atoms with E-state index in [0.717, 1.165) is 51.4 Å². The molecule has 0 amide bonds. The summed E-state index contributed by atoms with van der Waals surface area (Å²) in [7, 11) is 1.51. The van der Waals surface area contributed by atoms with Gasteiger partial charge in [0.25, 0.3) is 0 Å². The van der Waals surface area contributed by atoms with Gasteiger partial charge in [0.1, 0.15) is 0 Å². The minimum atomic E-state index is -0.715. The Hall–Kier alpha value is -1.40. The Morgan fingerprint density at radius 1 is 0.949 bits per heavy atom. The summed E-state index contributed by atoms with van der Waals surface area (Å²) in [4.78, 5) is 24.7. The van der Waals surface area contributed by atoms with E-state index < -0.39 is 28.5 Å². The van der Waals surface area contributed by atoms with Crippen LogP contribution in [0, 0.1) is 50.2 Å². The zero-order chi connectivity index (χ0) is 28.8. The normalized spacial score (nSPS) is 52.8. The quantitative estimate of drug-likeness (QED) is 0.343. The van der Waals surface area contributed by atoms with Crippen LogP contribution in [-0.2, 0) is 19.1 Å². The number of aliphatic hydroxyl groups is 2. The third-order valence-corrected chi connectivity index (χ3v) is 14.0. The molecule has 0 radical (unpaired) electrons. The summed E-state index contributed by atoms with van der Waals surface area (Å²) in [5, 5.41) is 23.0. The molecule has 11 unspecified atom stereocenters. The first-order valence-electron chi connectivity index (χ1n) is 15.3. The Kier molecular flexibility index (Phi) is 6.75. The van der Waals surface area contributed by atoms with E-state index in [4.69, 9.17) is 9.47 Å². The smallest absolute Gasteiger partial charge is 0.311 e. The minimum absolute atomic E-state index is 0.0195. The molecule has 0 aromatic rings. The summed E-state index contributed by atoms with van der Waals surface area (Å²) in [5.41, 5.74) is 0.245. The van der Waals surface area contributed by atoms with Crippen molar-refractivity contribution in [2.45, 2.75) is 118 Å². The highest BCUT2D eigenvalue weighted by molar-refractivity contribution is 5.76. The van der Waals surface area contributed by atoms with E-state index in [-0.39, 0.29) is 46.6 Å². The molecule has 39 heavy (non-hydrogen) atoms. The molecular formula is C33H52O6. The standard InChI is InChI=1S/C33H52O6/c1-20(34)39-19-30(4)23-11-12-32(6)24(33(23,7)26(36)17-25(30)35)10-9-21-22-18-29(3,27(37)38-8)14-13-28(22,2)15-16-31(21,32)5/h9,22-26,35-36H,10-19H2,1-8H3. The lowest BCUT2D eigenvalue weighted by Crippen LogP contribution is -2.69. The average molecular weight is 545 g/mol. The fraction of sp³-hybridized carbons (Fsp3) is 0.879. The summed E-state index contributed by atoms with van der Waals surface area (Å²) in [6, 6.07) is 0. The number of aliphatic hydroxyl groups excluding tert-OH is 2. The fourth-order valence-corrected chi connectivity index (χ4v) is 11.0. The van der Waals surface area contributed by atoms with Gasteiger partial charge < -0.3 is 19.7 Å². The van der Waals surface area contributed by atoms with Crippen molar-refractivity contribution in [2.75, 3.05) is 13.7 Å². The first-order chi connectivity index (χ1) is 18.0. The predicted octanol–water partition coefficient (Wildman–Crippen LogP) is 5.84. The Balaban J connectivity index is 1.56. The van der Waals surface area contributed by atoms with Gasteiger partial charge >= 0.3 is 11.9 Å². The van der Waals surface area contributed by atoms with E-state index in [2.05, 4.69) is 47.6 Å². The molecule has 220 valence electrons. The summed E-state index contributed by atoms with van der Waals surface area (Å²) in [6.07, 6.45) is 9.32. The van der Waals surface area contributed by atoms with Crippen LogP contribution in [-0.4, -0.2) is 48.1 Å². The number of methoxy groups -OCH3 is 1. The molecule has 0 spiro atoms.